The number of benzene rings is 1. The second kappa shape index (κ2) is 9.70. The van der Waals surface area contributed by atoms with E-state index in [4.69, 9.17) is 18.9 Å². The Morgan fingerprint density at radius 3 is 1.20 bits per heavy atom. The smallest absolute Gasteiger partial charge is 0.229 e. The molecule has 4 unspecified atom stereocenters. The van der Waals surface area contributed by atoms with Crippen LogP contribution in [-0.4, -0.2) is 115 Å². The van der Waals surface area contributed by atoms with Gasteiger partial charge in [0.25, 0.3) is 0 Å². The Kier molecular flexibility index (Phi) is 7.47. The van der Waals surface area contributed by atoms with E-state index < -0.39 is 74.6 Å². The van der Waals surface area contributed by atoms with Gasteiger partial charge in [0.15, 0.2) is 0 Å². The molecule has 0 amide bonds. The van der Waals surface area contributed by atoms with Gasteiger partial charge < -0.3 is 59.8 Å². The lowest BCUT2D eigenvalue weighted by Gasteiger charge is -2.39. The Morgan fingerprint density at radius 2 is 0.900 bits per heavy atom. The molecule has 0 aromatic heterocycles. The summed E-state index contributed by atoms with van der Waals surface area (Å²) in [5, 5.41) is 77.6. The van der Waals surface area contributed by atoms with Crippen LogP contribution in [0.5, 0.6) is 11.5 Å². The topological polar surface area (TPSA) is 199 Å². The van der Waals surface area contributed by atoms with Gasteiger partial charge in [0.05, 0.1) is 13.2 Å². The van der Waals surface area contributed by atoms with E-state index in [0.717, 1.165) is 0 Å². The predicted molar refractivity (Wildman–Crippen MR) is 95.2 cm³/mol. The molecule has 2 saturated heterocycles. The molecule has 170 valence electrons. The van der Waals surface area contributed by atoms with Gasteiger partial charge in [-0.3, -0.25) is 0 Å². The highest BCUT2D eigenvalue weighted by atomic mass is 16.7. The summed E-state index contributed by atoms with van der Waals surface area (Å²) in [5.41, 5.74) is 0. The van der Waals surface area contributed by atoms with Crippen molar-refractivity contribution in [3.05, 3.63) is 24.3 Å². The molecule has 2 fully saturated rings. The number of hydrogen-bond acceptors (Lipinski definition) is 12. The van der Waals surface area contributed by atoms with E-state index in [-0.39, 0.29) is 11.5 Å². The minimum Gasteiger partial charge on any atom is -0.462 e. The molecule has 0 radical (unpaired) electrons. The number of rotatable bonds is 6. The summed E-state index contributed by atoms with van der Waals surface area (Å²) in [5.74, 6) is 0.390. The highest BCUT2D eigenvalue weighted by Crippen LogP contribution is 2.28. The number of aliphatic hydroxyl groups is 8. The second-order valence-electron chi connectivity index (χ2n) is 7.10. The lowest BCUT2D eigenvalue weighted by molar-refractivity contribution is -0.278. The molecule has 1 aromatic carbocycles. The minimum absolute atomic E-state index is 0.195. The third kappa shape index (κ3) is 4.68. The van der Waals surface area contributed by atoms with Gasteiger partial charge in [-0.15, -0.1) is 0 Å². The predicted octanol–water partition coefficient (Wildman–Crippen LogP) is -3.96. The van der Waals surface area contributed by atoms with Crippen LogP contribution in [0.15, 0.2) is 24.3 Å². The fraction of sp³-hybridized carbons (Fsp3) is 0.667. The van der Waals surface area contributed by atoms with E-state index in [9.17, 15) is 40.9 Å². The molecule has 10 atom stereocenters. The van der Waals surface area contributed by atoms with Crippen LogP contribution in [-0.2, 0) is 9.47 Å². The van der Waals surface area contributed by atoms with Crippen LogP contribution in [0.25, 0.3) is 0 Å². The highest BCUT2D eigenvalue weighted by Gasteiger charge is 2.45. The SMILES string of the molecule is OCC1O[C@@H](Oc2ccc(O[C@@H]3O[C@H](CO)[C@@H](O)C(O)C3O)cc2)[C@@H](O)C(O)[C@@H]1O. The Balaban J connectivity index is 1.62. The van der Waals surface area contributed by atoms with Crippen LogP contribution in [0.4, 0.5) is 0 Å². The number of hydrogen-bond donors (Lipinski definition) is 8. The quantitative estimate of drug-likeness (QED) is 0.216. The summed E-state index contributed by atoms with van der Waals surface area (Å²) in [6.45, 7) is -1.17. The molecule has 1 aromatic rings. The van der Waals surface area contributed by atoms with Gasteiger partial charge in [-0.2, -0.15) is 0 Å². The minimum atomic E-state index is -1.57. The van der Waals surface area contributed by atoms with Crippen molar-refractivity contribution in [3.8, 4) is 11.5 Å². The van der Waals surface area contributed by atoms with Gasteiger partial charge in [0, 0.05) is 0 Å². The zero-order valence-electron chi connectivity index (χ0n) is 15.7. The van der Waals surface area contributed by atoms with Crippen LogP contribution < -0.4 is 9.47 Å². The summed E-state index contributed by atoms with van der Waals surface area (Å²) in [6.07, 6.45) is -14.2. The first-order valence-electron chi connectivity index (χ1n) is 9.31. The average molecular weight is 434 g/mol. The van der Waals surface area contributed by atoms with Crippen molar-refractivity contribution >= 4 is 0 Å². The second-order valence-corrected chi connectivity index (χ2v) is 7.10. The Bertz CT molecular complexity index is 611. The molecular formula is C18H26O12. The lowest BCUT2D eigenvalue weighted by Crippen LogP contribution is -2.60. The zero-order chi connectivity index (χ0) is 22.0. The van der Waals surface area contributed by atoms with Crippen molar-refractivity contribution in [2.75, 3.05) is 13.2 Å². The van der Waals surface area contributed by atoms with Gasteiger partial charge in [-0.1, -0.05) is 0 Å². The summed E-state index contributed by atoms with van der Waals surface area (Å²) < 4.78 is 21.4. The summed E-state index contributed by atoms with van der Waals surface area (Å²) in [7, 11) is 0. The third-order valence-electron chi connectivity index (χ3n) is 5.03. The van der Waals surface area contributed by atoms with Crippen LogP contribution in [0.1, 0.15) is 0 Å². The first-order chi connectivity index (χ1) is 14.3. The maximum atomic E-state index is 10.0. The molecule has 2 aliphatic heterocycles. The molecule has 30 heavy (non-hydrogen) atoms. The Hall–Kier alpha value is -1.58. The van der Waals surface area contributed by atoms with Crippen molar-refractivity contribution in [1.29, 1.82) is 0 Å². The van der Waals surface area contributed by atoms with E-state index in [1.807, 2.05) is 0 Å². The van der Waals surface area contributed by atoms with Crippen LogP contribution in [0.3, 0.4) is 0 Å². The molecule has 0 spiro atoms. The maximum Gasteiger partial charge on any atom is 0.229 e. The van der Waals surface area contributed by atoms with Crippen molar-refractivity contribution < 1.29 is 59.8 Å². The van der Waals surface area contributed by atoms with Gasteiger partial charge in [-0.25, -0.2) is 0 Å². The van der Waals surface area contributed by atoms with Crippen molar-refractivity contribution in [2.45, 2.75) is 61.4 Å². The fourth-order valence-electron chi connectivity index (χ4n) is 3.19. The van der Waals surface area contributed by atoms with Crippen LogP contribution in [0, 0.1) is 0 Å². The fourth-order valence-corrected chi connectivity index (χ4v) is 3.19. The molecule has 2 heterocycles. The molecule has 3 rings (SSSR count). The Labute approximate surface area is 171 Å². The van der Waals surface area contributed by atoms with E-state index in [2.05, 4.69) is 0 Å². The zero-order valence-corrected chi connectivity index (χ0v) is 15.7. The molecule has 0 bridgehead atoms. The van der Waals surface area contributed by atoms with Crippen LogP contribution >= 0.6 is 0 Å². The van der Waals surface area contributed by atoms with Gasteiger partial charge >= 0.3 is 0 Å². The Morgan fingerprint density at radius 1 is 0.567 bits per heavy atom. The molecule has 0 aliphatic carbocycles. The molecule has 8 N–H and O–H groups in total. The molecule has 0 saturated carbocycles. The molecule has 12 nitrogen and oxygen atoms in total. The first kappa shape index (κ1) is 23.1. The largest absolute Gasteiger partial charge is 0.462 e. The number of aliphatic hydroxyl groups excluding tert-OH is 8. The van der Waals surface area contributed by atoms with E-state index >= 15 is 0 Å². The molecular weight excluding hydrogens is 408 g/mol. The van der Waals surface area contributed by atoms with Gasteiger partial charge in [-0.05, 0) is 24.3 Å². The van der Waals surface area contributed by atoms with E-state index in [0.29, 0.717) is 0 Å². The monoisotopic (exact) mass is 434 g/mol. The van der Waals surface area contributed by atoms with E-state index in [1.165, 1.54) is 24.3 Å². The summed E-state index contributed by atoms with van der Waals surface area (Å²) in [4.78, 5) is 0. The lowest BCUT2D eigenvalue weighted by atomic mass is 9.99. The van der Waals surface area contributed by atoms with Crippen molar-refractivity contribution in [2.24, 2.45) is 0 Å². The van der Waals surface area contributed by atoms with Gasteiger partial charge in [0.1, 0.15) is 60.3 Å². The normalized spacial score (nSPS) is 42.0. The average Bonchev–Trinajstić information content (AvgIpc) is 2.75. The molecule has 2 aliphatic rings. The number of ether oxygens (including phenoxy) is 4. The third-order valence-corrected chi connectivity index (χ3v) is 5.03. The van der Waals surface area contributed by atoms with Crippen LogP contribution in [0.2, 0.25) is 0 Å². The van der Waals surface area contributed by atoms with Crippen molar-refractivity contribution in [3.63, 3.8) is 0 Å². The summed E-state index contributed by atoms with van der Waals surface area (Å²) >= 11 is 0. The summed E-state index contributed by atoms with van der Waals surface area (Å²) in [6, 6.07) is 5.67. The first-order valence-corrected chi connectivity index (χ1v) is 9.31. The molecule has 12 heteroatoms. The maximum absolute atomic E-state index is 10.0. The van der Waals surface area contributed by atoms with E-state index in [1.54, 1.807) is 0 Å². The standard InChI is InChI=1S/C18H26O12/c19-5-9-11(21)13(23)15(25)17(29-9)27-7-1-2-8(4-3-7)28-18-16(26)14(24)12(22)10(6-20)30-18/h1-4,9-26H,5-6H2/t9-,10?,11-,12-,13?,14?,15?,16+,17-,18-/m1/s1. The van der Waals surface area contributed by atoms with Gasteiger partial charge in [0.2, 0.25) is 12.6 Å². The van der Waals surface area contributed by atoms with Crippen molar-refractivity contribution in [1.82, 2.24) is 0 Å². The highest BCUT2D eigenvalue weighted by molar-refractivity contribution is 5.31.